The second-order valence-electron chi connectivity index (χ2n) is 7.11. The van der Waals surface area contributed by atoms with Crippen molar-refractivity contribution in [2.75, 3.05) is 11.9 Å². The van der Waals surface area contributed by atoms with Crippen LogP contribution < -0.4 is 16.0 Å². The van der Waals surface area contributed by atoms with Crippen LogP contribution in [-0.2, 0) is 9.59 Å². The van der Waals surface area contributed by atoms with Gasteiger partial charge in [-0.05, 0) is 42.7 Å². The van der Waals surface area contributed by atoms with Crippen LogP contribution >= 0.6 is 0 Å². The summed E-state index contributed by atoms with van der Waals surface area (Å²) < 4.78 is 0. The lowest BCUT2D eigenvalue weighted by Crippen LogP contribution is -2.45. The Kier molecular flexibility index (Phi) is 4.03. The van der Waals surface area contributed by atoms with Crippen LogP contribution in [0.15, 0.2) is 36.4 Å². The van der Waals surface area contributed by atoms with Crippen molar-refractivity contribution in [1.29, 1.82) is 0 Å². The normalized spacial score (nSPS) is 29.6. The van der Waals surface area contributed by atoms with Crippen LogP contribution in [0, 0.1) is 17.8 Å². The van der Waals surface area contributed by atoms with E-state index in [0.717, 1.165) is 6.42 Å². The lowest BCUT2D eigenvalue weighted by Gasteiger charge is -2.19. The van der Waals surface area contributed by atoms with Crippen LogP contribution in [0.4, 0.5) is 5.69 Å². The standard InChI is InChI=1S/C19H21N3O3/c23-17(20-10-13-8-11-5-6-12(13)7-11)9-16-19(25)21-15-4-2-1-3-14(15)18(24)22-16/h1-6,11-13,16H,7-10H2,(H,20,23)(H,21,25)(H,22,24)/t11-,12+,13+,16+/m1/s1. The smallest absolute Gasteiger partial charge is 0.254 e. The molecule has 1 aromatic rings. The van der Waals surface area contributed by atoms with Crippen LogP contribution in [0.5, 0.6) is 0 Å². The number of carbonyl (C=O) groups excluding carboxylic acids is 3. The molecule has 4 atom stereocenters. The number of anilines is 1. The monoisotopic (exact) mass is 339 g/mol. The number of allylic oxidation sites excluding steroid dienone is 2. The van der Waals surface area contributed by atoms with Crippen LogP contribution in [0.2, 0.25) is 0 Å². The minimum absolute atomic E-state index is 0.0534. The number of nitrogens with one attached hydrogen (secondary N) is 3. The van der Waals surface area contributed by atoms with Gasteiger partial charge in [-0.25, -0.2) is 0 Å². The van der Waals surface area contributed by atoms with Gasteiger partial charge >= 0.3 is 0 Å². The van der Waals surface area contributed by atoms with Crippen LogP contribution in [0.1, 0.15) is 29.6 Å². The molecule has 1 aromatic carbocycles. The zero-order valence-corrected chi connectivity index (χ0v) is 13.8. The van der Waals surface area contributed by atoms with Crippen molar-refractivity contribution < 1.29 is 14.4 Å². The molecule has 0 radical (unpaired) electrons. The fourth-order valence-corrected chi connectivity index (χ4v) is 4.09. The topological polar surface area (TPSA) is 87.3 Å². The summed E-state index contributed by atoms with van der Waals surface area (Å²) in [6.07, 6.45) is 6.78. The lowest BCUT2D eigenvalue weighted by molar-refractivity contribution is -0.125. The van der Waals surface area contributed by atoms with Crippen molar-refractivity contribution in [3.8, 4) is 0 Å². The zero-order chi connectivity index (χ0) is 17.4. The molecule has 6 nitrogen and oxygen atoms in total. The number of amides is 3. The Balaban J connectivity index is 1.34. The maximum Gasteiger partial charge on any atom is 0.254 e. The highest BCUT2D eigenvalue weighted by Gasteiger charge is 2.36. The van der Waals surface area contributed by atoms with Crippen molar-refractivity contribution in [1.82, 2.24) is 10.6 Å². The second-order valence-corrected chi connectivity index (χ2v) is 7.11. The predicted molar refractivity (Wildman–Crippen MR) is 92.8 cm³/mol. The Bertz CT molecular complexity index is 758. The molecule has 3 aliphatic rings. The average Bonchev–Trinajstić information content (AvgIpc) is 3.20. The molecule has 4 rings (SSSR count). The Hall–Kier alpha value is -2.63. The van der Waals surface area contributed by atoms with Crippen molar-refractivity contribution in [2.24, 2.45) is 17.8 Å². The molecule has 3 N–H and O–H groups in total. The van der Waals surface area contributed by atoms with E-state index in [0.29, 0.717) is 35.5 Å². The minimum Gasteiger partial charge on any atom is -0.356 e. The molecule has 3 amide bonds. The molecular formula is C19H21N3O3. The fraction of sp³-hybridized carbons (Fsp3) is 0.421. The number of hydrogen-bond donors (Lipinski definition) is 3. The summed E-state index contributed by atoms with van der Waals surface area (Å²) in [5.41, 5.74) is 0.884. The number of carbonyl (C=O) groups is 3. The minimum atomic E-state index is -0.861. The molecule has 0 saturated heterocycles. The molecule has 1 saturated carbocycles. The van der Waals surface area contributed by atoms with E-state index in [1.54, 1.807) is 24.3 Å². The summed E-state index contributed by atoms with van der Waals surface area (Å²) in [7, 11) is 0. The fourth-order valence-electron chi connectivity index (χ4n) is 4.09. The Morgan fingerprint density at radius 2 is 2.00 bits per heavy atom. The summed E-state index contributed by atoms with van der Waals surface area (Å²) >= 11 is 0. The van der Waals surface area contributed by atoms with Gasteiger partial charge < -0.3 is 16.0 Å². The van der Waals surface area contributed by atoms with Crippen molar-refractivity contribution in [3.63, 3.8) is 0 Å². The van der Waals surface area contributed by atoms with Gasteiger partial charge in [0.2, 0.25) is 11.8 Å². The molecule has 2 aliphatic carbocycles. The van der Waals surface area contributed by atoms with E-state index in [-0.39, 0.29) is 24.1 Å². The van der Waals surface area contributed by atoms with Gasteiger partial charge in [-0.1, -0.05) is 24.3 Å². The molecular weight excluding hydrogens is 318 g/mol. The highest BCUT2D eigenvalue weighted by atomic mass is 16.2. The first-order valence-corrected chi connectivity index (χ1v) is 8.76. The van der Waals surface area contributed by atoms with E-state index >= 15 is 0 Å². The van der Waals surface area contributed by atoms with Crippen molar-refractivity contribution >= 4 is 23.4 Å². The lowest BCUT2D eigenvalue weighted by atomic mass is 9.93. The Morgan fingerprint density at radius 1 is 1.16 bits per heavy atom. The largest absolute Gasteiger partial charge is 0.356 e. The molecule has 1 fully saturated rings. The third kappa shape index (κ3) is 3.16. The molecule has 1 aliphatic heterocycles. The van der Waals surface area contributed by atoms with E-state index < -0.39 is 6.04 Å². The van der Waals surface area contributed by atoms with Crippen LogP contribution in [-0.4, -0.2) is 30.3 Å². The SMILES string of the molecule is O=C(C[C@@H]1NC(=O)c2ccccc2NC1=O)NC[C@@H]1C[C@@H]2C=C[C@H]1C2. The maximum atomic E-state index is 12.3. The van der Waals surface area contributed by atoms with Gasteiger partial charge in [-0.15, -0.1) is 0 Å². The second kappa shape index (κ2) is 6.35. The van der Waals surface area contributed by atoms with Gasteiger partial charge in [-0.3, -0.25) is 14.4 Å². The van der Waals surface area contributed by atoms with Crippen molar-refractivity contribution in [3.05, 3.63) is 42.0 Å². The molecule has 2 bridgehead atoms. The van der Waals surface area contributed by atoms with Gasteiger partial charge in [0.05, 0.1) is 17.7 Å². The van der Waals surface area contributed by atoms with Gasteiger partial charge in [0.25, 0.3) is 5.91 Å². The number of hydrogen-bond acceptors (Lipinski definition) is 3. The number of para-hydroxylation sites is 1. The van der Waals surface area contributed by atoms with Gasteiger partial charge in [0.1, 0.15) is 6.04 Å². The summed E-state index contributed by atoms with van der Waals surface area (Å²) in [6.45, 7) is 0.632. The predicted octanol–water partition coefficient (Wildman–Crippen LogP) is 1.46. The average molecular weight is 339 g/mol. The van der Waals surface area contributed by atoms with Gasteiger partial charge in [-0.2, -0.15) is 0 Å². The quantitative estimate of drug-likeness (QED) is 0.726. The molecule has 0 spiro atoms. The molecule has 0 unspecified atom stereocenters. The van der Waals surface area contributed by atoms with E-state index in [4.69, 9.17) is 0 Å². The zero-order valence-electron chi connectivity index (χ0n) is 13.8. The first-order chi connectivity index (χ1) is 12.1. The first kappa shape index (κ1) is 15.9. The summed E-state index contributed by atoms with van der Waals surface area (Å²) in [6, 6.07) is 5.96. The molecule has 130 valence electrons. The summed E-state index contributed by atoms with van der Waals surface area (Å²) in [5, 5.41) is 8.29. The van der Waals surface area contributed by atoms with E-state index in [1.165, 1.54) is 6.42 Å². The summed E-state index contributed by atoms with van der Waals surface area (Å²) in [4.78, 5) is 36.8. The molecule has 25 heavy (non-hydrogen) atoms. The summed E-state index contributed by atoms with van der Waals surface area (Å²) in [5.74, 6) is 0.804. The Morgan fingerprint density at radius 3 is 2.76 bits per heavy atom. The van der Waals surface area contributed by atoms with Crippen LogP contribution in [0.3, 0.4) is 0 Å². The number of benzene rings is 1. The third-order valence-corrected chi connectivity index (χ3v) is 5.42. The maximum absolute atomic E-state index is 12.3. The van der Waals surface area contributed by atoms with E-state index in [2.05, 4.69) is 28.1 Å². The highest BCUT2D eigenvalue weighted by molar-refractivity contribution is 6.10. The number of rotatable bonds is 4. The van der Waals surface area contributed by atoms with Crippen LogP contribution in [0.25, 0.3) is 0 Å². The van der Waals surface area contributed by atoms with Gasteiger partial charge in [0.15, 0.2) is 0 Å². The van der Waals surface area contributed by atoms with Gasteiger partial charge in [0, 0.05) is 6.54 Å². The molecule has 0 aromatic heterocycles. The number of fused-ring (bicyclic) bond motifs is 3. The Labute approximate surface area is 146 Å². The highest BCUT2D eigenvalue weighted by Crippen LogP contribution is 2.42. The third-order valence-electron chi connectivity index (χ3n) is 5.42. The molecule has 6 heteroatoms. The van der Waals surface area contributed by atoms with E-state index in [1.807, 2.05) is 0 Å². The first-order valence-electron chi connectivity index (χ1n) is 8.76. The van der Waals surface area contributed by atoms with E-state index in [9.17, 15) is 14.4 Å². The van der Waals surface area contributed by atoms with Crippen molar-refractivity contribution in [2.45, 2.75) is 25.3 Å². The molecule has 1 heterocycles.